The van der Waals surface area contributed by atoms with Crippen molar-refractivity contribution in [3.05, 3.63) is 33.9 Å². The Balaban J connectivity index is 2.33. The predicted octanol–water partition coefficient (Wildman–Crippen LogP) is 2.34. The van der Waals surface area contributed by atoms with Crippen molar-refractivity contribution < 1.29 is 8.42 Å². The standard InChI is InChI=1S/C10H10BrClN4O2S/c1-6-14-9(5-16(6)2)19(17,18)15-7-3-8(11)10(12)13-4-7/h3-5,15H,1-2H3. The minimum atomic E-state index is -3.73. The lowest BCUT2D eigenvalue weighted by molar-refractivity contribution is 0.598. The molecule has 9 heteroatoms. The van der Waals surface area contributed by atoms with E-state index in [1.807, 2.05) is 0 Å². The number of anilines is 1. The van der Waals surface area contributed by atoms with Crippen molar-refractivity contribution >= 4 is 43.2 Å². The third-order valence-electron chi connectivity index (χ3n) is 2.41. The first kappa shape index (κ1) is 14.3. The molecule has 19 heavy (non-hydrogen) atoms. The van der Waals surface area contributed by atoms with E-state index in [0.29, 0.717) is 16.0 Å². The highest BCUT2D eigenvalue weighted by Gasteiger charge is 2.19. The Morgan fingerprint density at radius 3 is 2.68 bits per heavy atom. The summed E-state index contributed by atoms with van der Waals surface area (Å²) in [7, 11) is -2.01. The number of nitrogens with one attached hydrogen (secondary N) is 1. The maximum atomic E-state index is 12.1. The summed E-state index contributed by atoms with van der Waals surface area (Å²) < 4.78 is 28.7. The molecule has 102 valence electrons. The van der Waals surface area contributed by atoms with Crippen molar-refractivity contribution in [2.24, 2.45) is 7.05 Å². The van der Waals surface area contributed by atoms with Crippen molar-refractivity contribution in [3.63, 3.8) is 0 Å². The maximum Gasteiger partial charge on any atom is 0.281 e. The first-order valence-electron chi connectivity index (χ1n) is 5.13. The van der Waals surface area contributed by atoms with Gasteiger partial charge in [-0.05, 0) is 28.9 Å². The zero-order valence-corrected chi connectivity index (χ0v) is 13.2. The van der Waals surface area contributed by atoms with Gasteiger partial charge in [0.1, 0.15) is 11.0 Å². The molecule has 0 unspecified atom stereocenters. The van der Waals surface area contributed by atoms with Crippen LogP contribution in [-0.2, 0) is 17.1 Å². The number of pyridine rings is 1. The lowest BCUT2D eigenvalue weighted by atomic mass is 10.4. The Bertz CT molecular complexity index is 710. The van der Waals surface area contributed by atoms with Gasteiger partial charge in [0.15, 0.2) is 5.03 Å². The largest absolute Gasteiger partial charge is 0.337 e. The Labute approximate surface area is 124 Å². The number of nitrogens with zero attached hydrogens (tertiary/aromatic N) is 3. The van der Waals surface area contributed by atoms with Gasteiger partial charge in [-0.25, -0.2) is 9.97 Å². The number of halogens is 2. The molecule has 0 radical (unpaired) electrons. The van der Waals surface area contributed by atoms with E-state index in [9.17, 15) is 8.42 Å². The van der Waals surface area contributed by atoms with Crippen LogP contribution in [-0.4, -0.2) is 23.0 Å². The van der Waals surface area contributed by atoms with E-state index in [1.165, 1.54) is 18.5 Å². The second-order valence-corrected chi connectivity index (χ2v) is 6.68. The van der Waals surface area contributed by atoms with Crippen molar-refractivity contribution in [2.45, 2.75) is 11.9 Å². The van der Waals surface area contributed by atoms with Gasteiger partial charge in [0.25, 0.3) is 10.0 Å². The van der Waals surface area contributed by atoms with Crippen LogP contribution in [0.15, 0.2) is 28.0 Å². The number of hydrogen-bond donors (Lipinski definition) is 1. The second kappa shape index (κ2) is 5.10. The number of imidazole rings is 1. The van der Waals surface area contributed by atoms with Gasteiger partial charge in [-0.1, -0.05) is 11.6 Å². The molecule has 0 saturated carbocycles. The smallest absolute Gasteiger partial charge is 0.281 e. The Morgan fingerprint density at radius 1 is 1.47 bits per heavy atom. The minimum absolute atomic E-state index is 0.0430. The summed E-state index contributed by atoms with van der Waals surface area (Å²) >= 11 is 8.92. The van der Waals surface area contributed by atoms with Gasteiger partial charge < -0.3 is 4.57 Å². The third-order valence-corrected chi connectivity index (χ3v) is 4.80. The fourth-order valence-corrected chi connectivity index (χ4v) is 2.87. The van der Waals surface area contributed by atoms with Gasteiger partial charge in [0.05, 0.1) is 16.4 Å². The lowest BCUT2D eigenvalue weighted by Gasteiger charge is -2.06. The van der Waals surface area contributed by atoms with Crippen LogP contribution in [0.3, 0.4) is 0 Å². The molecule has 0 bridgehead atoms. The average Bonchev–Trinajstić information content (AvgIpc) is 2.65. The molecule has 0 amide bonds. The Kier molecular flexibility index (Phi) is 3.84. The van der Waals surface area contributed by atoms with E-state index in [4.69, 9.17) is 11.6 Å². The molecule has 0 atom stereocenters. The number of aryl methyl sites for hydroxylation is 2. The van der Waals surface area contributed by atoms with Gasteiger partial charge in [0, 0.05) is 13.2 Å². The van der Waals surface area contributed by atoms with Crippen LogP contribution in [0.25, 0.3) is 0 Å². The molecule has 0 spiro atoms. The normalized spacial score (nSPS) is 11.6. The molecule has 2 aromatic heterocycles. The first-order chi connectivity index (χ1) is 8.79. The summed E-state index contributed by atoms with van der Waals surface area (Å²) in [5, 5.41) is 0.218. The van der Waals surface area contributed by atoms with Crippen LogP contribution in [0.5, 0.6) is 0 Å². The molecule has 0 aliphatic rings. The molecule has 0 saturated heterocycles. The van der Waals surface area contributed by atoms with E-state index in [1.54, 1.807) is 18.5 Å². The number of aromatic nitrogens is 3. The van der Waals surface area contributed by atoms with Crippen LogP contribution >= 0.6 is 27.5 Å². The fraction of sp³-hybridized carbons (Fsp3) is 0.200. The van der Waals surface area contributed by atoms with Gasteiger partial charge in [0.2, 0.25) is 0 Å². The molecule has 1 N–H and O–H groups in total. The fourth-order valence-electron chi connectivity index (χ4n) is 1.34. The lowest BCUT2D eigenvalue weighted by Crippen LogP contribution is -2.13. The van der Waals surface area contributed by atoms with Crippen molar-refractivity contribution in [2.75, 3.05) is 4.72 Å². The predicted molar refractivity (Wildman–Crippen MR) is 75.7 cm³/mol. The summed E-state index contributed by atoms with van der Waals surface area (Å²) in [6.45, 7) is 1.72. The molecule has 6 nitrogen and oxygen atoms in total. The van der Waals surface area contributed by atoms with Gasteiger partial charge in [-0.2, -0.15) is 8.42 Å². The van der Waals surface area contributed by atoms with E-state index >= 15 is 0 Å². The molecule has 0 aliphatic carbocycles. The first-order valence-corrected chi connectivity index (χ1v) is 7.79. The Morgan fingerprint density at radius 2 is 2.16 bits per heavy atom. The Hall–Kier alpha value is -1.12. The molecule has 2 heterocycles. The van der Waals surface area contributed by atoms with E-state index in [0.717, 1.165) is 0 Å². The van der Waals surface area contributed by atoms with Crippen LogP contribution in [0, 0.1) is 6.92 Å². The highest BCUT2D eigenvalue weighted by molar-refractivity contribution is 9.10. The van der Waals surface area contributed by atoms with Gasteiger partial charge in [-0.3, -0.25) is 4.72 Å². The number of hydrogen-bond acceptors (Lipinski definition) is 4. The second-order valence-electron chi connectivity index (χ2n) is 3.84. The molecule has 0 aromatic carbocycles. The highest BCUT2D eigenvalue weighted by Crippen LogP contribution is 2.24. The van der Waals surface area contributed by atoms with Crippen molar-refractivity contribution in [1.82, 2.24) is 14.5 Å². The summed E-state index contributed by atoms with van der Waals surface area (Å²) in [4.78, 5) is 7.82. The molecule has 2 rings (SSSR count). The van der Waals surface area contributed by atoms with E-state index in [2.05, 4.69) is 30.6 Å². The highest BCUT2D eigenvalue weighted by atomic mass is 79.9. The topological polar surface area (TPSA) is 76.9 Å². The zero-order chi connectivity index (χ0) is 14.2. The van der Waals surface area contributed by atoms with Crippen molar-refractivity contribution in [3.8, 4) is 0 Å². The number of sulfonamides is 1. The van der Waals surface area contributed by atoms with E-state index in [-0.39, 0.29) is 10.2 Å². The summed E-state index contributed by atoms with van der Waals surface area (Å²) in [5.41, 5.74) is 0.305. The van der Waals surface area contributed by atoms with Crippen LogP contribution in [0.4, 0.5) is 5.69 Å². The molecule has 0 aliphatic heterocycles. The quantitative estimate of drug-likeness (QED) is 0.847. The van der Waals surface area contributed by atoms with Gasteiger partial charge >= 0.3 is 0 Å². The molecular weight excluding hydrogens is 356 g/mol. The average molecular weight is 366 g/mol. The van der Waals surface area contributed by atoms with E-state index < -0.39 is 10.0 Å². The van der Waals surface area contributed by atoms with Crippen LogP contribution in [0.2, 0.25) is 5.15 Å². The van der Waals surface area contributed by atoms with Gasteiger partial charge in [-0.15, -0.1) is 0 Å². The summed E-state index contributed by atoms with van der Waals surface area (Å²) in [5.74, 6) is 0.607. The maximum absolute atomic E-state index is 12.1. The monoisotopic (exact) mass is 364 g/mol. The third kappa shape index (κ3) is 3.07. The SMILES string of the molecule is Cc1nc(S(=O)(=O)Nc2cnc(Cl)c(Br)c2)cn1C. The molecular formula is C10H10BrClN4O2S. The summed E-state index contributed by atoms with van der Waals surface area (Å²) in [6.07, 6.45) is 2.77. The number of rotatable bonds is 3. The molecule has 0 fully saturated rings. The minimum Gasteiger partial charge on any atom is -0.337 e. The molecule has 2 aromatic rings. The van der Waals surface area contributed by atoms with Crippen LogP contribution < -0.4 is 4.72 Å². The van der Waals surface area contributed by atoms with Crippen molar-refractivity contribution in [1.29, 1.82) is 0 Å². The summed E-state index contributed by atoms with van der Waals surface area (Å²) in [6, 6.07) is 1.53. The zero-order valence-electron chi connectivity index (χ0n) is 10.1. The van der Waals surface area contributed by atoms with Crippen LogP contribution in [0.1, 0.15) is 5.82 Å².